The van der Waals surface area contributed by atoms with Crippen LogP contribution in [0.4, 0.5) is 10.1 Å². The minimum atomic E-state index is -0.212. The van der Waals surface area contributed by atoms with Gasteiger partial charge in [-0.1, -0.05) is 60.2 Å². The summed E-state index contributed by atoms with van der Waals surface area (Å²) in [5.41, 5.74) is 4.14. The first-order valence-corrected chi connectivity index (χ1v) is 10.5. The monoisotopic (exact) mass is 402 g/mol. The van der Waals surface area contributed by atoms with Gasteiger partial charge in [-0.05, 0) is 36.8 Å². The smallest absolute Gasteiger partial charge is 0.164 e. The van der Waals surface area contributed by atoms with Gasteiger partial charge in [-0.3, -0.25) is 9.69 Å². The third-order valence-electron chi connectivity index (χ3n) is 5.88. The van der Waals surface area contributed by atoms with E-state index in [9.17, 15) is 9.18 Å². The summed E-state index contributed by atoms with van der Waals surface area (Å²) in [6, 6.07) is 24.9. The van der Waals surface area contributed by atoms with Crippen molar-refractivity contribution in [3.63, 3.8) is 0 Å². The lowest BCUT2D eigenvalue weighted by Crippen LogP contribution is -2.48. The number of hydrogen-bond acceptors (Lipinski definition) is 3. The van der Waals surface area contributed by atoms with Crippen LogP contribution in [0.3, 0.4) is 0 Å². The molecule has 0 aliphatic carbocycles. The normalized spacial score (nSPS) is 15.7. The second kappa shape index (κ2) is 9.23. The van der Waals surface area contributed by atoms with Crippen molar-refractivity contribution in [1.82, 2.24) is 4.90 Å². The zero-order valence-electron chi connectivity index (χ0n) is 17.3. The Morgan fingerprint density at radius 1 is 0.867 bits per heavy atom. The summed E-state index contributed by atoms with van der Waals surface area (Å²) in [5.74, 6) is -0.0408. The summed E-state index contributed by atoms with van der Waals surface area (Å²) in [6.07, 6.45) is 0.462. The van der Waals surface area contributed by atoms with Gasteiger partial charge in [-0.15, -0.1) is 0 Å². The summed E-state index contributed by atoms with van der Waals surface area (Å²) in [6.45, 7) is 5.46. The fraction of sp³-hybridized carbons (Fsp3) is 0.269. The average molecular weight is 403 g/mol. The van der Waals surface area contributed by atoms with Gasteiger partial charge in [0, 0.05) is 49.9 Å². The number of rotatable bonds is 6. The Balaban J connectivity index is 1.49. The lowest BCUT2D eigenvalue weighted by molar-refractivity contribution is 0.0910. The van der Waals surface area contributed by atoms with E-state index in [1.165, 1.54) is 17.7 Å². The SMILES string of the molecule is Cc1ccc(C(=O)CC(c2ccccc2)N2CCN(c3ccc(F)cc3)CC2)cc1. The van der Waals surface area contributed by atoms with E-state index in [1.54, 1.807) is 0 Å². The molecule has 0 amide bonds. The highest BCUT2D eigenvalue weighted by atomic mass is 19.1. The topological polar surface area (TPSA) is 23.6 Å². The highest BCUT2D eigenvalue weighted by molar-refractivity contribution is 5.96. The van der Waals surface area contributed by atoms with E-state index in [0.29, 0.717) is 6.42 Å². The molecule has 0 aromatic heterocycles. The molecular weight excluding hydrogens is 375 g/mol. The Labute approximate surface area is 177 Å². The highest BCUT2D eigenvalue weighted by Gasteiger charge is 2.27. The van der Waals surface area contributed by atoms with Crippen LogP contribution in [0.15, 0.2) is 78.9 Å². The first-order valence-electron chi connectivity index (χ1n) is 10.5. The largest absolute Gasteiger partial charge is 0.369 e. The average Bonchev–Trinajstić information content (AvgIpc) is 2.79. The van der Waals surface area contributed by atoms with E-state index < -0.39 is 0 Å². The second-order valence-electron chi connectivity index (χ2n) is 7.92. The summed E-state index contributed by atoms with van der Waals surface area (Å²) in [7, 11) is 0. The maximum absolute atomic E-state index is 13.2. The maximum Gasteiger partial charge on any atom is 0.164 e. The molecule has 30 heavy (non-hydrogen) atoms. The molecule has 1 saturated heterocycles. The van der Waals surface area contributed by atoms with E-state index >= 15 is 0 Å². The lowest BCUT2D eigenvalue weighted by Gasteiger charge is -2.40. The zero-order valence-corrected chi connectivity index (χ0v) is 17.3. The standard InChI is InChI=1S/C26H27FN2O/c1-20-7-9-22(10-8-20)26(30)19-25(21-5-3-2-4-6-21)29-17-15-28(16-18-29)24-13-11-23(27)12-14-24/h2-14,25H,15-19H2,1H3. The third kappa shape index (κ3) is 4.77. The van der Waals surface area contributed by atoms with Crippen molar-refractivity contribution in [1.29, 1.82) is 0 Å². The Morgan fingerprint density at radius 3 is 2.13 bits per heavy atom. The number of ketones is 1. The predicted octanol–water partition coefficient (Wildman–Crippen LogP) is 5.27. The first kappa shape index (κ1) is 20.3. The Hall–Kier alpha value is -2.98. The van der Waals surface area contributed by atoms with Gasteiger partial charge < -0.3 is 4.90 Å². The number of piperazine rings is 1. The fourth-order valence-corrected chi connectivity index (χ4v) is 4.11. The Morgan fingerprint density at radius 2 is 1.50 bits per heavy atom. The van der Waals surface area contributed by atoms with E-state index in [1.807, 2.05) is 61.5 Å². The van der Waals surface area contributed by atoms with Crippen LogP contribution in [0.1, 0.15) is 33.9 Å². The highest BCUT2D eigenvalue weighted by Crippen LogP contribution is 2.28. The third-order valence-corrected chi connectivity index (χ3v) is 5.88. The van der Waals surface area contributed by atoms with Crippen LogP contribution in [0.5, 0.6) is 0 Å². The van der Waals surface area contributed by atoms with Gasteiger partial charge in [0.1, 0.15) is 5.82 Å². The van der Waals surface area contributed by atoms with Gasteiger partial charge >= 0.3 is 0 Å². The fourth-order valence-electron chi connectivity index (χ4n) is 4.11. The molecule has 4 heteroatoms. The Kier molecular flexibility index (Phi) is 6.24. The summed E-state index contributed by atoms with van der Waals surface area (Å²) in [5, 5.41) is 0. The van der Waals surface area contributed by atoms with E-state index in [4.69, 9.17) is 0 Å². The lowest BCUT2D eigenvalue weighted by atomic mass is 9.95. The molecule has 1 unspecified atom stereocenters. The predicted molar refractivity (Wildman–Crippen MR) is 119 cm³/mol. The van der Waals surface area contributed by atoms with Crippen LogP contribution >= 0.6 is 0 Å². The van der Waals surface area contributed by atoms with Gasteiger partial charge in [0.15, 0.2) is 5.78 Å². The quantitative estimate of drug-likeness (QED) is 0.525. The molecule has 1 aliphatic rings. The molecule has 154 valence electrons. The number of benzene rings is 3. The van der Waals surface area contributed by atoms with Crippen LogP contribution < -0.4 is 4.90 Å². The van der Waals surface area contributed by atoms with Crippen molar-refractivity contribution >= 4 is 11.5 Å². The molecule has 1 fully saturated rings. The first-order chi connectivity index (χ1) is 14.6. The summed E-state index contributed by atoms with van der Waals surface area (Å²) in [4.78, 5) is 17.7. The molecule has 1 heterocycles. The van der Waals surface area contributed by atoms with E-state index in [2.05, 4.69) is 21.9 Å². The molecule has 0 saturated carbocycles. The zero-order chi connectivity index (χ0) is 20.9. The van der Waals surface area contributed by atoms with Gasteiger partial charge in [-0.2, -0.15) is 0 Å². The minimum absolute atomic E-state index is 0.0513. The van der Waals surface area contributed by atoms with Crippen molar-refractivity contribution in [2.24, 2.45) is 0 Å². The van der Waals surface area contributed by atoms with Crippen LogP contribution in [0, 0.1) is 12.7 Å². The van der Waals surface area contributed by atoms with Crippen LogP contribution in [-0.4, -0.2) is 36.9 Å². The number of carbonyl (C=O) groups is 1. The van der Waals surface area contributed by atoms with Gasteiger partial charge in [0.2, 0.25) is 0 Å². The summed E-state index contributed by atoms with van der Waals surface area (Å²) < 4.78 is 13.2. The van der Waals surface area contributed by atoms with Crippen LogP contribution in [0.2, 0.25) is 0 Å². The number of halogens is 1. The van der Waals surface area contributed by atoms with E-state index in [-0.39, 0.29) is 17.6 Å². The van der Waals surface area contributed by atoms with Crippen molar-refractivity contribution in [2.45, 2.75) is 19.4 Å². The number of carbonyl (C=O) groups excluding carboxylic acids is 1. The van der Waals surface area contributed by atoms with Gasteiger partial charge in [0.05, 0.1) is 0 Å². The molecule has 3 aromatic rings. The molecule has 1 atom stereocenters. The molecule has 0 bridgehead atoms. The van der Waals surface area contributed by atoms with Gasteiger partial charge in [-0.25, -0.2) is 4.39 Å². The van der Waals surface area contributed by atoms with Crippen molar-refractivity contribution < 1.29 is 9.18 Å². The molecule has 3 aromatic carbocycles. The van der Waals surface area contributed by atoms with Crippen LogP contribution in [0.25, 0.3) is 0 Å². The molecule has 0 N–H and O–H groups in total. The van der Waals surface area contributed by atoms with Crippen LogP contribution in [-0.2, 0) is 0 Å². The molecule has 0 spiro atoms. The van der Waals surface area contributed by atoms with Gasteiger partial charge in [0.25, 0.3) is 0 Å². The van der Waals surface area contributed by atoms with E-state index in [0.717, 1.165) is 43.0 Å². The summed E-state index contributed by atoms with van der Waals surface area (Å²) >= 11 is 0. The maximum atomic E-state index is 13.2. The number of aryl methyl sites for hydroxylation is 1. The molecule has 3 nitrogen and oxygen atoms in total. The number of anilines is 1. The number of hydrogen-bond donors (Lipinski definition) is 0. The minimum Gasteiger partial charge on any atom is -0.369 e. The Bertz CT molecular complexity index is 962. The second-order valence-corrected chi connectivity index (χ2v) is 7.92. The molecule has 4 rings (SSSR count). The number of Topliss-reactive ketones (excluding diaryl/α,β-unsaturated/α-hetero) is 1. The van der Waals surface area contributed by atoms with Crippen molar-refractivity contribution in [3.8, 4) is 0 Å². The molecule has 1 aliphatic heterocycles. The van der Waals surface area contributed by atoms with Crippen molar-refractivity contribution in [2.75, 3.05) is 31.1 Å². The molecular formula is C26H27FN2O. The van der Waals surface area contributed by atoms with Crippen molar-refractivity contribution in [3.05, 3.63) is 101 Å². The number of nitrogens with zero attached hydrogens (tertiary/aromatic N) is 2. The molecule has 0 radical (unpaired) electrons.